The van der Waals surface area contributed by atoms with Crippen molar-refractivity contribution < 1.29 is 13.2 Å². The second-order valence-corrected chi connectivity index (χ2v) is 8.15. The molecule has 3 rings (SSSR count). The third-order valence-electron chi connectivity index (χ3n) is 4.87. The monoisotopic (exact) mass is 372 g/mol. The van der Waals surface area contributed by atoms with Crippen molar-refractivity contribution in [2.75, 3.05) is 13.7 Å². The number of benzene rings is 2. The lowest BCUT2D eigenvalue weighted by Crippen LogP contribution is -2.26. The van der Waals surface area contributed by atoms with Gasteiger partial charge in [-0.2, -0.15) is 0 Å². The van der Waals surface area contributed by atoms with Crippen LogP contribution in [0.1, 0.15) is 16.8 Å². The van der Waals surface area contributed by atoms with Crippen molar-refractivity contribution in [1.82, 2.24) is 9.29 Å². The van der Waals surface area contributed by atoms with E-state index in [-0.39, 0.29) is 4.90 Å². The molecule has 2 aromatic carbocycles. The summed E-state index contributed by atoms with van der Waals surface area (Å²) in [4.78, 5) is 0.285. The molecule has 6 heteroatoms. The minimum Gasteiger partial charge on any atom is -0.497 e. The second-order valence-electron chi connectivity index (χ2n) is 6.42. The average molecular weight is 372 g/mol. The van der Waals surface area contributed by atoms with E-state index in [0.29, 0.717) is 24.3 Å². The van der Waals surface area contributed by atoms with Gasteiger partial charge in [-0.15, -0.1) is 0 Å². The lowest BCUT2D eigenvalue weighted by atomic mass is 10.1. The third-order valence-corrected chi connectivity index (χ3v) is 6.49. The van der Waals surface area contributed by atoms with Crippen LogP contribution >= 0.6 is 0 Å². The minimum absolute atomic E-state index is 0.285. The molecule has 0 aliphatic carbocycles. The van der Waals surface area contributed by atoms with E-state index in [0.717, 1.165) is 11.2 Å². The molecule has 0 aliphatic heterocycles. The molecular formula is C20H24N2O3S. The molecule has 0 aliphatic rings. The van der Waals surface area contributed by atoms with Gasteiger partial charge < -0.3 is 9.30 Å². The van der Waals surface area contributed by atoms with E-state index in [2.05, 4.69) is 28.3 Å². The van der Waals surface area contributed by atoms with Crippen molar-refractivity contribution in [2.24, 2.45) is 7.05 Å². The molecule has 1 N–H and O–H groups in total. The lowest BCUT2D eigenvalue weighted by molar-refractivity contribution is 0.414. The van der Waals surface area contributed by atoms with Gasteiger partial charge in [-0.1, -0.05) is 18.2 Å². The second kappa shape index (κ2) is 7.13. The van der Waals surface area contributed by atoms with Gasteiger partial charge in [0.05, 0.1) is 12.0 Å². The molecule has 0 saturated heterocycles. The molecule has 0 saturated carbocycles. The highest BCUT2D eigenvalue weighted by Crippen LogP contribution is 2.25. The van der Waals surface area contributed by atoms with Crippen LogP contribution in [0.25, 0.3) is 10.9 Å². The van der Waals surface area contributed by atoms with Gasteiger partial charge in [-0.3, -0.25) is 0 Å². The van der Waals surface area contributed by atoms with E-state index in [1.165, 1.54) is 10.9 Å². The first-order valence-corrected chi connectivity index (χ1v) is 10.0. The van der Waals surface area contributed by atoms with Crippen molar-refractivity contribution in [1.29, 1.82) is 0 Å². The Morgan fingerprint density at radius 3 is 2.54 bits per heavy atom. The first-order chi connectivity index (χ1) is 12.3. The standard InChI is InChI=1S/C20H24N2O3S/c1-14-13-16(25-4)9-10-20(14)26(23,24)21-12-11-17-15(2)22(3)19-8-6-5-7-18(17)19/h5-10,13,21H,11-12H2,1-4H3. The number of methoxy groups -OCH3 is 1. The lowest BCUT2D eigenvalue weighted by Gasteiger charge is -2.11. The summed E-state index contributed by atoms with van der Waals surface area (Å²) in [7, 11) is 0.0392. The maximum absolute atomic E-state index is 12.6. The molecule has 0 spiro atoms. The number of nitrogens with zero attached hydrogens (tertiary/aromatic N) is 1. The molecule has 5 nitrogen and oxygen atoms in total. The fraction of sp³-hybridized carbons (Fsp3) is 0.300. The number of ether oxygens (including phenoxy) is 1. The first kappa shape index (κ1) is 18.5. The number of rotatable bonds is 6. The van der Waals surface area contributed by atoms with Gasteiger partial charge in [0, 0.05) is 30.2 Å². The third kappa shape index (κ3) is 3.34. The number of hydrogen-bond donors (Lipinski definition) is 1. The van der Waals surface area contributed by atoms with Crippen LogP contribution in [0, 0.1) is 13.8 Å². The molecule has 0 radical (unpaired) electrons. The van der Waals surface area contributed by atoms with Crippen molar-refractivity contribution >= 4 is 20.9 Å². The van der Waals surface area contributed by atoms with Gasteiger partial charge in [0.15, 0.2) is 0 Å². The smallest absolute Gasteiger partial charge is 0.240 e. The Bertz CT molecular complexity index is 1050. The molecular weight excluding hydrogens is 348 g/mol. The Balaban J connectivity index is 1.79. The van der Waals surface area contributed by atoms with Crippen LogP contribution in [0.4, 0.5) is 0 Å². The van der Waals surface area contributed by atoms with Gasteiger partial charge in [0.1, 0.15) is 5.75 Å². The normalized spacial score (nSPS) is 11.8. The van der Waals surface area contributed by atoms with Gasteiger partial charge in [0.2, 0.25) is 10.0 Å². The largest absolute Gasteiger partial charge is 0.497 e. The zero-order valence-corrected chi connectivity index (χ0v) is 16.4. The van der Waals surface area contributed by atoms with Crippen molar-refractivity contribution in [3.05, 3.63) is 59.3 Å². The van der Waals surface area contributed by atoms with E-state index in [4.69, 9.17) is 4.74 Å². The summed E-state index contributed by atoms with van der Waals surface area (Å²) in [5.41, 5.74) is 4.16. The summed E-state index contributed by atoms with van der Waals surface area (Å²) >= 11 is 0. The molecule has 138 valence electrons. The zero-order valence-electron chi connectivity index (χ0n) is 15.5. The molecule has 1 aromatic heterocycles. The Labute approximate surface area is 154 Å². The summed E-state index contributed by atoms with van der Waals surface area (Å²) in [5, 5.41) is 1.17. The van der Waals surface area contributed by atoms with E-state index in [9.17, 15) is 8.42 Å². The van der Waals surface area contributed by atoms with E-state index < -0.39 is 10.0 Å². The fourth-order valence-corrected chi connectivity index (χ4v) is 4.61. The number of para-hydroxylation sites is 1. The predicted octanol–water partition coefficient (Wildman–Crippen LogP) is 3.32. The number of sulfonamides is 1. The highest BCUT2D eigenvalue weighted by molar-refractivity contribution is 7.89. The van der Waals surface area contributed by atoms with Crippen LogP contribution < -0.4 is 9.46 Å². The van der Waals surface area contributed by atoms with Crippen molar-refractivity contribution in [3.63, 3.8) is 0 Å². The molecule has 3 aromatic rings. The average Bonchev–Trinajstić information content (AvgIpc) is 2.86. The van der Waals surface area contributed by atoms with Crippen LogP contribution in [0.3, 0.4) is 0 Å². The summed E-state index contributed by atoms with van der Waals surface area (Å²) in [6.07, 6.45) is 0.640. The number of fused-ring (bicyclic) bond motifs is 1. The van der Waals surface area contributed by atoms with Gasteiger partial charge in [-0.05, 0) is 55.7 Å². The number of aromatic nitrogens is 1. The molecule has 0 bridgehead atoms. The van der Waals surface area contributed by atoms with Crippen molar-refractivity contribution in [2.45, 2.75) is 25.2 Å². The summed E-state index contributed by atoms with van der Waals surface area (Å²) < 4.78 is 35.3. The summed E-state index contributed by atoms with van der Waals surface area (Å²) in [5.74, 6) is 0.646. The van der Waals surface area contributed by atoms with Crippen molar-refractivity contribution in [3.8, 4) is 5.75 Å². The number of nitrogens with one attached hydrogen (secondary N) is 1. The molecule has 26 heavy (non-hydrogen) atoms. The van der Waals surface area contributed by atoms with Crippen LogP contribution in [0.15, 0.2) is 47.4 Å². The van der Waals surface area contributed by atoms with Gasteiger partial charge in [-0.25, -0.2) is 13.1 Å². The SMILES string of the molecule is COc1ccc(S(=O)(=O)NCCc2c(C)n(C)c3ccccc23)c(C)c1. The van der Waals surface area contributed by atoms with Crippen LogP contribution in [0.5, 0.6) is 5.75 Å². The van der Waals surface area contributed by atoms with Crippen LogP contribution in [-0.2, 0) is 23.5 Å². The van der Waals surface area contributed by atoms with E-state index in [1.807, 2.05) is 19.2 Å². The van der Waals surface area contributed by atoms with Crippen LogP contribution in [0.2, 0.25) is 0 Å². The number of hydrogen-bond acceptors (Lipinski definition) is 3. The Morgan fingerprint density at radius 1 is 1.12 bits per heavy atom. The highest BCUT2D eigenvalue weighted by Gasteiger charge is 2.18. The van der Waals surface area contributed by atoms with Gasteiger partial charge >= 0.3 is 0 Å². The van der Waals surface area contributed by atoms with E-state index >= 15 is 0 Å². The topological polar surface area (TPSA) is 60.3 Å². The Kier molecular flexibility index (Phi) is 5.07. The zero-order chi connectivity index (χ0) is 18.9. The predicted molar refractivity (Wildman–Crippen MR) is 104 cm³/mol. The minimum atomic E-state index is -3.56. The van der Waals surface area contributed by atoms with Crippen LogP contribution in [-0.4, -0.2) is 26.6 Å². The maximum Gasteiger partial charge on any atom is 0.240 e. The maximum atomic E-state index is 12.6. The first-order valence-electron chi connectivity index (χ1n) is 8.52. The summed E-state index contributed by atoms with van der Waals surface area (Å²) in [6, 6.07) is 13.2. The molecule has 0 amide bonds. The molecule has 1 heterocycles. The highest BCUT2D eigenvalue weighted by atomic mass is 32.2. The Morgan fingerprint density at radius 2 is 1.85 bits per heavy atom. The molecule has 0 atom stereocenters. The Hall–Kier alpha value is -2.31. The summed E-state index contributed by atoms with van der Waals surface area (Å²) in [6.45, 7) is 4.19. The molecule has 0 unspecified atom stereocenters. The van der Waals surface area contributed by atoms with E-state index in [1.54, 1.807) is 32.2 Å². The molecule has 0 fully saturated rings. The number of aryl methyl sites for hydroxylation is 2. The quantitative estimate of drug-likeness (QED) is 0.722. The van der Waals surface area contributed by atoms with Gasteiger partial charge in [0.25, 0.3) is 0 Å². The fourth-order valence-electron chi connectivity index (χ4n) is 3.35.